The highest BCUT2D eigenvalue weighted by Gasteiger charge is 2.09. The molecule has 8 nitrogen and oxygen atoms in total. The van der Waals surface area contributed by atoms with Gasteiger partial charge in [0.05, 0.1) is 13.2 Å². The number of aryl methyl sites for hydroxylation is 1. The lowest BCUT2D eigenvalue weighted by Crippen LogP contribution is -2.41. The minimum absolute atomic E-state index is 0.529. The minimum atomic E-state index is 0.529. The molecule has 1 aromatic heterocycles. The molecule has 0 atom stereocenters. The summed E-state index contributed by atoms with van der Waals surface area (Å²) in [4.78, 5) is 7.16. The van der Waals surface area contributed by atoms with Crippen LogP contribution >= 0.6 is 11.8 Å². The summed E-state index contributed by atoms with van der Waals surface area (Å²) in [6.45, 7) is 9.22. The van der Waals surface area contributed by atoms with E-state index < -0.39 is 0 Å². The summed E-state index contributed by atoms with van der Waals surface area (Å²) in [5.74, 6) is 3.86. The highest BCUT2D eigenvalue weighted by atomic mass is 32.2. The van der Waals surface area contributed by atoms with Gasteiger partial charge in [-0.25, -0.2) is 4.99 Å². The van der Waals surface area contributed by atoms with Crippen LogP contribution in [0.4, 0.5) is 0 Å². The zero-order chi connectivity index (χ0) is 19.3. The second-order valence-electron chi connectivity index (χ2n) is 6.75. The van der Waals surface area contributed by atoms with Gasteiger partial charge in [0.1, 0.15) is 12.4 Å². The fourth-order valence-electron chi connectivity index (χ4n) is 2.83. The first-order valence-electron chi connectivity index (χ1n) is 9.87. The number of rotatable bonds is 11. The molecule has 2 N–H and O–H groups in total. The van der Waals surface area contributed by atoms with Crippen LogP contribution in [0.25, 0.3) is 0 Å². The molecular weight excluding hydrogens is 362 g/mol. The molecule has 27 heavy (non-hydrogen) atoms. The average Bonchev–Trinajstić information content (AvgIpc) is 3.01. The Morgan fingerprint density at radius 2 is 1.89 bits per heavy atom. The van der Waals surface area contributed by atoms with E-state index in [-0.39, 0.29) is 0 Å². The maximum Gasteiger partial charge on any atom is 0.191 e. The van der Waals surface area contributed by atoms with Crippen LogP contribution < -0.4 is 10.6 Å². The summed E-state index contributed by atoms with van der Waals surface area (Å²) in [6.07, 6.45) is 5.62. The van der Waals surface area contributed by atoms with E-state index in [1.807, 2.05) is 30.3 Å². The van der Waals surface area contributed by atoms with Crippen molar-refractivity contribution in [2.24, 2.45) is 12.0 Å². The van der Waals surface area contributed by atoms with Crippen molar-refractivity contribution in [1.82, 2.24) is 30.3 Å². The molecule has 2 heterocycles. The number of nitrogens with one attached hydrogen (secondary N) is 2. The molecule has 1 fully saturated rings. The Morgan fingerprint density at radius 3 is 2.56 bits per heavy atom. The van der Waals surface area contributed by atoms with Crippen molar-refractivity contribution in [1.29, 1.82) is 0 Å². The molecule has 1 saturated heterocycles. The van der Waals surface area contributed by atoms with Crippen LogP contribution in [0.2, 0.25) is 0 Å². The van der Waals surface area contributed by atoms with E-state index in [0.29, 0.717) is 6.54 Å². The maximum absolute atomic E-state index is 5.40. The van der Waals surface area contributed by atoms with E-state index in [1.54, 1.807) is 0 Å². The highest BCUT2D eigenvalue weighted by Crippen LogP contribution is 2.01. The van der Waals surface area contributed by atoms with E-state index in [1.165, 1.54) is 12.2 Å². The average molecular weight is 398 g/mol. The number of aliphatic imine (C=N–C) groups is 1. The summed E-state index contributed by atoms with van der Waals surface area (Å²) in [7, 11) is 1.98. The summed E-state index contributed by atoms with van der Waals surface area (Å²) in [5.41, 5.74) is 0. The molecule has 1 aromatic rings. The van der Waals surface area contributed by atoms with Gasteiger partial charge in [-0.15, -0.1) is 10.2 Å². The Hall–Kier alpha value is -1.32. The molecule has 0 aliphatic carbocycles. The van der Waals surface area contributed by atoms with Gasteiger partial charge in [-0.05, 0) is 44.7 Å². The van der Waals surface area contributed by atoms with Crippen molar-refractivity contribution in [3.05, 3.63) is 11.6 Å². The number of thioether (sulfide) groups is 1. The number of ether oxygens (including phenoxy) is 1. The first-order chi connectivity index (χ1) is 13.2. The molecule has 154 valence electrons. The van der Waals surface area contributed by atoms with Gasteiger partial charge in [0, 0.05) is 33.2 Å². The number of unbranched alkanes of at least 4 members (excludes halogenated alkanes) is 1. The molecule has 2 rings (SSSR count). The van der Waals surface area contributed by atoms with Gasteiger partial charge in [-0.3, -0.25) is 4.90 Å². The van der Waals surface area contributed by atoms with Crippen LogP contribution in [-0.2, 0) is 18.3 Å². The Labute approximate surface area is 167 Å². The van der Waals surface area contributed by atoms with Gasteiger partial charge in [0.25, 0.3) is 0 Å². The lowest BCUT2D eigenvalue weighted by Gasteiger charge is -2.26. The van der Waals surface area contributed by atoms with E-state index in [0.717, 1.165) is 76.4 Å². The largest absolute Gasteiger partial charge is 0.379 e. The number of hydrogen-bond acceptors (Lipinski definition) is 6. The minimum Gasteiger partial charge on any atom is -0.379 e. The quantitative estimate of drug-likeness (QED) is 0.328. The van der Waals surface area contributed by atoms with Crippen LogP contribution in [0.1, 0.15) is 30.9 Å². The second-order valence-corrected chi connectivity index (χ2v) is 7.73. The molecule has 0 bridgehead atoms. The van der Waals surface area contributed by atoms with Crippen molar-refractivity contribution in [3.8, 4) is 0 Å². The van der Waals surface area contributed by atoms with Crippen molar-refractivity contribution in [2.75, 3.05) is 57.9 Å². The smallest absolute Gasteiger partial charge is 0.191 e. The third-order valence-corrected chi connectivity index (χ3v) is 5.37. The number of aromatic nitrogens is 3. The van der Waals surface area contributed by atoms with Crippen LogP contribution in [-0.4, -0.2) is 83.6 Å². The topological polar surface area (TPSA) is 79.6 Å². The summed E-state index contributed by atoms with van der Waals surface area (Å²) in [5, 5.41) is 15.2. The van der Waals surface area contributed by atoms with E-state index in [9.17, 15) is 0 Å². The van der Waals surface area contributed by atoms with Crippen molar-refractivity contribution in [2.45, 2.75) is 32.7 Å². The predicted octanol–water partition coefficient (Wildman–Crippen LogP) is 1.02. The van der Waals surface area contributed by atoms with Gasteiger partial charge in [-0.2, -0.15) is 11.8 Å². The molecule has 0 unspecified atom stereocenters. The van der Waals surface area contributed by atoms with E-state index in [4.69, 9.17) is 9.73 Å². The van der Waals surface area contributed by atoms with Crippen molar-refractivity contribution >= 4 is 17.7 Å². The predicted molar refractivity (Wildman–Crippen MR) is 112 cm³/mol. The maximum atomic E-state index is 5.40. The monoisotopic (exact) mass is 397 g/mol. The highest BCUT2D eigenvalue weighted by molar-refractivity contribution is 7.98. The van der Waals surface area contributed by atoms with Gasteiger partial charge in [-0.1, -0.05) is 0 Å². The summed E-state index contributed by atoms with van der Waals surface area (Å²) < 4.78 is 7.39. The van der Waals surface area contributed by atoms with Gasteiger partial charge in [0.15, 0.2) is 11.8 Å². The zero-order valence-corrected chi connectivity index (χ0v) is 17.9. The molecule has 1 aliphatic rings. The third-order valence-electron chi connectivity index (χ3n) is 4.68. The fourth-order valence-corrected chi connectivity index (χ4v) is 3.32. The van der Waals surface area contributed by atoms with Crippen molar-refractivity contribution in [3.63, 3.8) is 0 Å². The van der Waals surface area contributed by atoms with Crippen LogP contribution in [0.15, 0.2) is 4.99 Å². The van der Waals surface area contributed by atoms with Gasteiger partial charge >= 0.3 is 0 Å². The van der Waals surface area contributed by atoms with Gasteiger partial charge < -0.3 is 19.9 Å². The van der Waals surface area contributed by atoms with E-state index >= 15 is 0 Å². The third kappa shape index (κ3) is 8.49. The van der Waals surface area contributed by atoms with Gasteiger partial charge in [0.2, 0.25) is 0 Å². The SMILES string of the molecule is CSCCCCNC(=NCc1nnc(C)n1C)NCCCN1CCOCC1. The molecule has 0 radical (unpaired) electrons. The molecule has 1 aliphatic heterocycles. The van der Waals surface area contributed by atoms with E-state index in [2.05, 4.69) is 32.0 Å². The first-order valence-corrected chi connectivity index (χ1v) is 11.3. The molecule has 9 heteroatoms. The summed E-state index contributed by atoms with van der Waals surface area (Å²) >= 11 is 1.90. The normalized spacial score (nSPS) is 15.9. The summed E-state index contributed by atoms with van der Waals surface area (Å²) in [6, 6.07) is 0. The standard InChI is InChI=1S/C18H35N7OS/c1-16-22-23-17(24(16)2)15-21-18(19-7-4-5-14-27-3)20-8-6-9-25-10-12-26-13-11-25/h4-15H2,1-3H3,(H2,19,20,21). The Bertz CT molecular complexity index is 558. The number of guanidine groups is 1. The van der Waals surface area contributed by atoms with Crippen LogP contribution in [0, 0.1) is 6.92 Å². The Balaban J connectivity index is 1.76. The molecule has 0 amide bonds. The fraction of sp³-hybridized carbons (Fsp3) is 0.833. The van der Waals surface area contributed by atoms with Crippen LogP contribution in [0.3, 0.4) is 0 Å². The molecule has 0 spiro atoms. The Morgan fingerprint density at radius 1 is 1.15 bits per heavy atom. The van der Waals surface area contributed by atoms with Crippen molar-refractivity contribution < 1.29 is 4.74 Å². The first kappa shape index (κ1) is 22.0. The Kier molecular flexibility index (Phi) is 10.5. The van der Waals surface area contributed by atoms with Crippen LogP contribution in [0.5, 0.6) is 0 Å². The number of nitrogens with zero attached hydrogens (tertiary/aromatic N) is 5. The lowest BCUT2D eigenvalue weighted by atomic mass is 10.3. The molecule has 0 saturated carbocycles. The number of morpholine rings is 1. The molecule has 0 aromatic carbocycles. The lowest BCUT2D eigenvalue weighted by molar-refractivity contribution is 0.0376. The second kappa shape index (κ2) is 13.0. The zero-order valence-electron chi connectivity index (χ0n) is 17.0. The molecular formula is C18H35N7OS. The number of hydrogen-bond donors (Lipinski definition) is 2.